The van der Waals surface area contributed by atoms with E-state index in [2.05, 4.69) is 10.2 Å². The molecule has 1 aliphatic rings. The number of carbonyl (C=O) groups excluding carboxylic acids is 1. The summed E-state index contributed by atoms with van der Waals surface area (Å²) in [6.07, 6.45) is 0. The van der Waals surface area contributed by atoms with E-state index in [1.807, 2.05) is 39.8 Å². The van der Waals surface area contributed by atoms with Crippen molar-refractivity contribution in [2.24, 2.45) is 0 Å². The molecule has 3 heterocycles. The van der Waals surface area contributed by atoms with E-state index in [0.717, 1.165) is 16.6 Å². The fourth-order valence-corrected chi connectivity index (χ4v) is 3.01. The molecule has 0 saturated carbocycles. The fourth-order valence-electron chi connectivity index (χ4n) is 3.01. The molecule has 3 aromatic rings. The lowest BCUT2D eigenvalue weighted by atomic mass is 10.2. The van der Waals surface area contributed by atoms with E-state index in [0.29, 0.717) is 38.1 Å². The van der Waals surface area contributed by atoms with Crippen LogP contribution in [0.4, 0.5) is 0 Å². The van der Waals surface area contributed by atoms with Crippen molar-refractivity contribution in [3.63, 3.8) is 0 Å². The predicted octanol–water partition coefficient (Wildman–Crippen LogP) is 1.86. The topological polar surface area (TPSA) is 73.4 Å². The molecule has 7 heteroatoms. The van der Waals surface area contributed by atoms with Crippen LogP contribution >= 0.6 is 0 Å². The third kappa shape index (κ3) is 2.67. The van der Waals surface area contributed by atoms with E-state index >= 15 is 0 Å². The van der Waals surface area contributed by atoms with Gasteiger partial charge in [0.05, 0.1) is 13.2 Å². The number of morpholine rings is 1. The van der Waals surface area contributed by atoms with Crippen molar-refractivity contribution in [2.75, 3.05) is 26.3 Å². The van der Waals surface area contributed by atoms with Crippen LogP contribution in [0.3, 0.4) is 0 Å². The normalized spacial score (nSPS) is 15.1. The highest BCUT2D eigenvalue weighted by atomic mass is 16.5. The van der Waals surface area contributed by atoms with Crippen molar-refractivity contribution in [3.8, 4) is 11.6 Å². The Morgan fingerprint density at radius 3 is 2.75 bits per heavy atom. The molecule has 1 amide bonds. The van der Waals surface area contributed by atoms with E-state index in [1.54, 1.807) is 6.92 Å². The van der Waals surface area contributed by atoms with Crippen LogP contribution in [-0.2, 0) is 16.1 Å². The van der Waals surface area contributed by atoms with Gasteiger partial charge in [-0.3, -0.25) is 4.79 Å². The standard InChI is InChI=1S/C17H18N4O3/c1-12-18-19-17(24-12)15-10-13-4-2-3-5-14(13)21(15)11-16(22)20-6-8-23-9-7-20/h2-5,10H,6-9,11H2,1H3. The number of aromatic nitrogens is 3. The second-order valence-corrected chi connectivity index (χ2v) is 5.79. The Morgan fingerprint density at radius 1 is 1.21 bits per heavy atom. The van der Waals surface area contributed by atoms with Crippen LogP contribution < -0.4 is 0 Å². The Labute approximate surface area is 138 Å². The molecule has 0 spiro atoms. The molecule has 1 saturated heterocycles. The first-order valence-electron chi connectivity index (χ1n) is 7.96. The van der Waals surface area contributed by atoms with Crippen molar-refractivity contribution < 1.29 is 13.9 Å². The maximum atomic E-state index is 12.7. The van der Waals surface area contributed by atoms with Crippen molar-refractivity contribution in [2.45, 2.75) is 13.5 Å². The zero-order chi connectivity index (χ0) is 16.5. The van der Waals surface area contributed by atoms with E-state index in [9.17, 15) is 4.79 Å². The second-order valence-electron chi connectivity index (χ2n) is 5.79. The van der Waals surface area contributed by atoms with Gasteiger partial charge in [-0.1, -0.05) is 18.2 Å². The van der Waals surface area contributed by atoms with Crippen LogP contribution in [0.25, 0.3) is 22.5 Å². The smallest absolute Gasteiger partial charge is 0.264 e. The molecule has 4 rings (SSSR count). The molecule has 24 heavy (non-hydrogen) atoms. The minimum absolute atomic E-state index is 0.0668. The molecule has 7 nitrogen and oxygen atoms in total. The number of hydrogen-bond acceptors (Lipinski definition) is 5. The summed E-state index contributed by atoms with van der Waals surface area (Å²) >= 11 is 0. The average molecular weight is 326 g/mol. The van der Waals surface area contributed by atoms with Crippen LogP contribution in [0, 0.1) is 6.92 Å². The number of benzene rings is 1. The molecule has 0 N–H and O–H groups in total. The van der Waals surface area contributed by atoms with E-state index in [4.69, 9.17) is 9.15 Å². The maximum Gasteiger partial charge on any atom is 0.264 e. The highest BCUT2D eigenvalue weighted by Crippen LogP contribution is 2.27. The van der Waals surface area contributed by atoms with Gasteiger partial charge in [0.25, 0.3) is 5.89 Å². The Morgan fingerprint density at radius 2 is 2.00 bits per heavy atom. The van der Waals surface area contributed by atoms with Crippen molar-refractivity contribution in [1.82, 2.24) is 19.7 Å². The summed E-state index contributed by atoms with van der Waals surface area (Å²) in [6.45, 7) is 4.44. The van der Waals surface area contributed by atoms with Gasteiger partial charge in [-0.2, -0.15) is 0 Å². The third-order valence-electron chi connectivity index (χ3n) is 4.21. The first-order valence-corrected chi connectivity index (χ1v) is 7.96. The zero-order valence-electron chi connectivity index (χ0n) is 13.4. The molecular weight excluding hydrogens is 308 g/mol. The van der Waals surface area contributed by atoms with Crippen molar-refractivity contribution >= 4 is 16.8 Å². The van der Waals surface area contributed by atoms with E-state index in [-0.39, 0.29) is 12.5 Å². The number of carbonyl (C=O) groups is 1. The Kier molecular flexibility index (Phi) is 3.78. The first kappa shape index (κ1) is 14.9. The molecule has 2 aromatic heterocycles. The summed E-state index contributed by atoms with van der Waals surface area (Å²) in [5, 5.41) is 9.05. The second kappa shape index (κ2) is 6.09. The molecule has 0 radical (unpaired) electrons. The Bertz CT molecular complexity index is 877. The van der Waals surface area contributed by atoms with Crippen molar-refractivity contribution in [3.05, 3.63) is 36.2 Å². The summed E-state index contributed by atoms with van der Waals surface area (Å²) < 4.78 is 12.8. The Balaban J connectivity index is 1.73. The summed E-state index contributed by atoms with van der Waals surface area (Å²) in [4.78, 5) is 14.5. The third-order valence-corrected chi connectivity index (χ3v) is 4.21. The van der Waals surface area contributed by atoms with Crippen LogP contribution in [0.5, 0.6) is 0 Å². The molecule has 124 valence electrons. The molecule has 0 bridgehead atoms. The monoisotopic (exact) mass is 326 g/mol. The first-order chi connectivity index (χ1) is 11.7. The van der Waals surface area contributed by atoms with Gasteiger partial charge in [0.15, 0.2) is 0 Å². The van der Waals surface area contributed by atoms with Gasteiger partial charge in [-0.15, -0.1) is 10.2 Å². The van der Waals surface area contributed by atoms with Gasteiger partial charge in [-0.05, 0) is 12.1 Å². The predicted molar refractivity (Wildman–Crippen MR) is 87.4 cm³/mol. The number of amides is 1. The zero-order valence-corrected chi connectivity index (χ0v) is 13.4. The minimum atomic E-state index is 0.0668. The van der Waals surface area contributed by atoms with Crippen LogP contribution in [0.15, 0.2) is 34.7 Å². The summed E-state index contributed by atoms with van der Waals surface area (Å²) in [5.74, 6) is 0.997. The van der Waals surface area contributed by atoms with Gasteiger partial charge in [0.2, 0.25) is 11.8 Å². The van der Waals surface area contributed by atoms with Crippen LogP contribution in [0.1, 0.15) is 5.89 Å². The summed E-state index contributed by atoms with van der Waals surface area (Å²) in [7, 11) is 0. The van der Waals surface area contributed by atoms with Gasteiger partial charge in [-0.25, -0.2) is 0 Å². The highest BCUT2D eigenvalue weighted by molar-refractivity contribution is 5.88. The van der Waals surface area contributed by atoms with Gasteiger partial charge >= 0.3 is 0 Å². The van der Waals surface area contributed by atoms with E-state index in [1.165, 1.54) is 0 Å². The molecule has 1 aromatic carbocycles. The SMILES string of the molecule is Cc1nnc(-c2cc3ccccc3n2CC(=O)N2CCOCC2)o1. The van der Waals surface area contributed by atoms with Gasteiger partial charge < -0.3 is 18.6 Å². The molecule has 1 aliphatic heterocycles. The number of rotatable bonds is 3. The maximum absolute atomic E-state index is 12.7. The summed E-state index contributed by atoms with van der Waals surface area (Å²) in [5.41, 5.74) is 1.74. The Hall–Kier alpha value is -2.67. The number of fused-ring (bicyclic) bond motifs is 1. The molecular formula is C17H18N4O3. The minimum Gasteiger partial charge on any atom is -0.420 e. The number of para-hydroxylation sites is 1. The molecule has 0 aliphatic carbocycles. The lowest BCUT2D eigenvalue weighted by Crippen LogP contribution is -2.42. The quantitative estimate of drug-likeness (QED) is 0.734. The van der Waals surface area contributed by atoms with Crippen LogP contribution in [-0.4, -0.2) is 51.9 Å². The van der Waals surface area contributed by atoms with Gasteiger partial charge in [0.1, 0.15) is 12.2 Å². The number of hydrogen-bond donors (Lipinski definition) is 0. The lowest BCUT2D eigenvalue weighted by molar-refractivity contribution is -0.135. The largest absolute Gasteiger partial charge is 0.420 e. The van der Waals surface area contributed by atoms with Crippen molar-refractivity contribution in [1.29, 1.82) is 0 Å². The molecule has 1 fully saturated rings. The number of ether oxygens (including phenoxy) is 1. The van der Waals surface area contributed by atoms with Gasteiger partial charge in [0, 0.05) is 30.9 Å². The fraction of sp³-hybridized carbons (Fsp3) is 0.353. The number of aryl methyl sites for hydroxylation is 1. The van der Waals surface area contributed by atoms with Crippen LogP contribution in [0.2, 0.25) is 0 Å². The lowest BCUT2D eigenvalue weighted by Gasteiger charge is -2.27. The average Bonchev–Trinajstić information content (AvgIpc) is 3.20. The molecule has 0 atom stereocenters. The van der Waals surface area contributed by atoms with E-state index < -0.39 is 0 Å². The molecule has 0 unspecified atom stereocenters. The highest BCUT2D eigenvalue weighted by Gasteiger charge is 2.21. The number of nitrogens with zero attached hydrogens (tertiary/aromatic N) is 4. The summed E-state index contributed by atoms with van der Waals surface area (Å²) in [6, 6.07) is 9.92.